The topological polar surface area (TPSA) is 236 Å². The van der Waals surface area contributed by atoms with Gasteiger partial charge in [0.15, 0.2) is 0 Å². The average Bonchev–Trinajstić information content (AvgIpc) is 3.58. The van der Waals surface area contributed by atoms with Gasteiger partial charge >= 0.3 is 5.97 Å². The molecule has 0 bridgehead atoms. The van der Waals surface area contributed by atoms with Crippen molar-refractivity contribution in [2.24, 2.45) is 5.73 Å². The highest BCUT2D eigenvalue weighted by Crippen LogP contribution is 2.20. The van der Waals surface area contributed by atoms with Gasteiger partial charge in [0.05, 0.1) is 6.04 Å². The second kappa shape index (κ2) is 18.4. The van der Waals surface area contributed by atoms with E-state index in [1.54, 1.807) is 30.5 Å². The Morgan fingerprint density at radius 2 is 1.07 bits per heavy atom. The number of carbonyl (C=O) groups is 5. The lowest BCUT2D eigenvalue weighted by atomic mass is 10.0. The summed E-state index contributed by atoms with van der Waals surface area (Å²) >= 11 is 0. The highest BCUT2D eigenvalue weighted by molar-refractivity contribution is 5.96. The zero-order chi connectivity index (χ0) is 39.5. The number of amides is 4. The van der Waals surface area contributed by atoms with Gasteiger partial charge < -0.3 is 47.3 Å². The van der Waals surface area contributed by atoms with Crippen LogP contribution in [0.1, 0.15) is 29.2 Å². The lowest BCUT2D eigenvalue weighted by Gasteiger charge is -2.26. The molecule has 4 amide bonds. The van der Waals surface area contributed by atoms with E-state index in [1.807, 2.05) is 54.6 Å². The Bertz CT molecular complexity index is 2100. The van der Waals surface area contributed by atoms with Crippen molar-refractivity contribution in [3.05, 3.63) is 132 Å². The smallest absolute Gasteiger partial charge is 0.326 e. The van der Waals surface area contributed by atoms with E-state index < -0.39 is 59.8 Å². The first kappa shape index (κ1) is 39.5. The molecular weight excluding hydrogens is 704 g/mol. The number of nitrogens with two attached hydrogens (primary N) is 1. The van der Waals surface area contributed by atoms with Crippen LogP contribution < -0.4 is 27.0 Å². The van der Waals surface area contributed by atoms with Gasteiger partial charge in [-0.1, -0.05) is 72.8 Å². The van der Waals surface area contributed by atoms with Crippen molar-refractivity contribution in [3.8, 4) is 11.5 Å². The number of aromatic hydroxyl groups is 2. The zero-order valence-corrected chi connectivity index (χ0v) is 30.1. The Balaban J connectivity index is 1.34. The first-order valence-corrected chi connectivity index (χ1v) is 17.7. The molecule has 5 atom stereocenters. The Morgan fingerprint density at radius 1 is 0.582 bits per heavy atom. The molecule has 0 radical (unpaired) electrons. The van der Waals surface area contributed by atoms with E-state index >= 15 is 0 Å². The SMILES string of the molecule is CC(NC(=O)C(N)Cc1ccccc1)C(=O)NC(Cc1ccc(O)cc1)C(=O)NC(Cc1ccc(O)cc1)C(=O)NC(Cc1c[nH]c2ccccc12)C(=O)O. The molecule has 0 aliphatic carbocycles. The number of aromatic nitrogens is 1. The molecule has 0 fully saturated rings. The molecule has 5 rings (SSSR count). The van der Waals surface area contributed by atoms with Crippen LogP contribution in [0.4, 0.5) is 0 Å². The summed E-state index contributed by atoms with van der Waals surface area (Å²) in [6, 6.07) is 22.4. The van der Waals surface area contributed by atoms with Gasteiger partial charge in [0.1, 0.15) is 35.7 Å². The molecule has 1 heterocycles. The van der Waals surface area contributed by atoms with E-state index in [2.05, 4.69) is 26.3 Å². The van der Waals surface area contributed by atoms with Crippen molar-refractivity contribution in [1.82, 2.24) is 26.3 Å². The number of carbonyl (C=O) groups excluding carboxylic acids is 4. The van der Waals surface area contributed by atoms with Gasteiger partial charge in [-0.25, -0.2) is 4.79 Å². The van der Waals surface area contributed by atoms with Gasteiger partial charge in [-0.3, -0.25) is 19.2 Å². The van der Waals surface area contributed by atoms with Gasteiger partial charge in [0.2, 0.25) is 23.6 Å². The molecular formula is C41H44N6O8. The molecule has 55 heavy (non-hydrogen) atoms. The monoisotopic (exact) mass is 748 g/mol. The van der Waals surface area contributed by atoms with E-state index in [1.165, 1.54) is 31.2 Å². The van der Waals surface area contributed by atoms with Crippen molar-refractivity contribution >= 4 is 40.5 Å². The minimum absolute atomic E-state index is 0.0109. The first-order valence-electron chi connectivity index (χ1n) is 17.7. The second-order valence-electron chi connectivity index (χ2n) is 13.4. The minimum Gasteiger partial charge on any atom is -0.508 e. The standard InChI is InChI=1S/C41H44N6O8/c1-24(44-38(51)32(42)19-25-7-3-2-4-8-25)37(50)45-34(20-26-11-15-29(48)16-12-26)39(52)46-35(21-27-13-17-30(49)18-14-27)40(53)47-36(41(54)55)22-28-23-43-33-10-6-5-9-31(28)33/h2-18,23-24,32,34-36,43,48-49H,19-22,42H2,1H3,(H,44,51)(H,45,50)(H,46,52)(H,47,53)(H,54,55). The van der Waals surface area contributed by atoms with Crippen LogP contribution in [0, 0.1) is 0 Å². The highest BCUT2D eigenvalue weighted by atomic mass is 16.4. The fourth-order valence-electron chi connectivity index (χ4n) is 6.06. The molecule has 286 valence electrons. The minimum atomic E-state index is -1.36. The van der Waals surface area contributed by atoms with Crippen molar-refractivity contribution in [2.75, 3.05) is 0 Å². The summed E-state index contributed by atoms with van der Waals surface area (Å²) in [5, 5.41) is 41.1. The number of nitrogens with one attached hydrogen (secondary N) is 5. The number of aromatic amines is 1. The second-order valence-corrected chi connectivity index (χ2v) is 13.4. The first-order chi connectivity index (χ1) is 26.4. The fourth-order valence-corrected chi connectivity index (χ4v) is 6.06. The number of para-hydroxylation sites is 1. The van der Waals surface area contributed by atoms with Crippen molar-refractivity contribution in [3.63, 3.8) is 0 Å². The number of benzene rings is 4. The fraction of sp³-hybridized carbons (Fsp3) is 0.244. The molecule has 0 saturated carbocycles. The molecule has 0 spiro atoms. The molecule has 14 heteroatoms. The number of aliphatic carboxylic acids is 1. The molecule has 1 aromatic heterocycles. The number of carboxylic acids is 1. The number of carboxylic acid groups (broad SMARTS) is 1. The maximum Gasteiger partial charge on any atom is 0.326 e. The van der Waals surface area contributed by atoms with E-state index in [0.29, 0.717) is 16.7 Å². The Kier molecular flexibility index (Phi) is 13.2. The summed E-state index contributed by atoms with van der Waals surface area (Å²) < 4.78 is 0. The van der Waals surface area contributed by atoms with Gasteiger partial charge in [-0.05, 0) is 65.9 Å². The predicted molar refractivity (Wildman–Crippen MR) is 205 cm³/mol. The lowest BCUT2D eigenvalue weighted by Crippen LogP contribution is -2.59. The van der Waals surface area contributed by atoms with E-state index in [-0.39, 0.29) is 37.2 Å². The van der Waals surface area contributed by atoms with Crippen LogP contribution in [0.2, 0.25) is 0 Å². The molecule has 0 aliphatic heterocycles. The third kappa shape index (κ3) is 11.2. The Labute approximate surface area is 317 Å². The van der Waals surface area contributed by atoms with Crippen LogP contribution >= 0.6 is 0 Å². The molecule has 5 aromatic rings. The van der Waals surface area contributed by atoms with E-state index in [0.717, 1.165) is 16.5 Å². The number of hydrogen-bond donors (Lipinski definition) is 9. The number of phenolic OH excluding ortho intramolecular Hbond substituents is 2. The van der Waals surface area contributed by atoms with Crippen LogP contribution in [0.3, 0.4) is 0 Å². The molecule has 0 aliphatic rings. The van der Waals surface area contributed by atoms with Crippen molar-refractivity contribution < 1.29 is 39.3 Å². The number of phenols is 2. The molecule has 0 saturated heterocycles. The Morgan fingerprint density at radius 3 is 1.64 bits per heavy atom. The number of fused-ring (bicyclic) bond motifs is 1. The number of rotatable bonds is 17. The van der Waals surface area contributed by atoms with Crippen LogP contribution in [-0.4, -0.2) is 80.1 Å². The summed E-state index contributed by atoms with van der Waals surface area (Å²) in [5.74, 6) is -4.16. The van der Waals surface area contributed by atoms with Crippen LogP contribution in [-0.2, 0) is 49.7 Å². The van der Waals surface area contributed by atoms with Gasteiger partial charge in [-0.2, -0.15) is 0 Å². The maximum atomic E-state index is 14.1. The number of hydrogen-bond acceptors (Lipinski definition) is 8. The molecule has 14 nitrogen and oxygen atoms in total. The third-order valence-corrected chi connectivity index (χ3v) is 9.12. The highest BCUT2D eigenvalue weighted by Gasteiger charge is 2.32. The quantitative estimate of drug-likeness (QED) is 0.0677. The van der Waals surface area contributed by atoms with Gasteiger partial charge in [-0.15, -0.1) is 0 Å². The number of H-pyrrole nitrogens is 1. The predicted octanol–water partition coefficient (Wildman–Crippen LogP) is 2.22. The third-order valence-electron chi connectivity index (χ3n) is 9.12. The zero-order valence-electron chi connectivity index (χ0n) is 30.1. The summed E-state index contributed by atoms with van der Waals surface area (Å²) in [5.41, 5.74) is 9.53. The van der Waals surface area contributed by atoms with E-state index in [4.69, 9.17) is 5.73 Å². The van der Waals surface area contributed by atoms with Crippen LogP contribution in [0.5, 0.6) is 11.5 Å². The lowest BCUT2D eigenvalue weighted by molar-refractivity contribution is -0.142. The largest absolute Gasteiger partial charge is 0.508 e. The normalized spacial score (nSPS) is 13.8. The van der Waals surface area contributed by atoms with Crippen LogP contribution in [0.25, 0.3) is 10.9 Å². The summed E-state index contributed by atoms with van der Waals surface area (Å²) in [6.07, 6.45) is 1.70. The van der Waals surface area contributed by atoms with Gasteiger partial charge in [0.25, 0.3) is 0 Å². The molecule has 10 N–H and O–H groups in total. The van der Waals surface area contributed by atoms with Gasteiger partial charge in [0, 0.05) is 36.4 Å². The van der Waals surface area contributed by atoms with E-state index in [9.17, 15) is 39.3 Å². The van der Waals surface area contributed by atoms with Crippen LogP contribution in [0.15, 0.2) is 109 Å². The molecule has 4 aromatic carbocycles. The summed E-state index contributed by atoms with van der Waals surface area (Å²) in [6.45, 7) is 1.44. The van der Waals surface area contributed by atoms with Crippen molar-refractivity contribution in [2.45, 2.75) is 62.8 Å². The molecule has 5 unspecified atom stereocenters. The average molecular weight is 749 g/mol. The summed E-state index contributed by atoms with van der Waals surface area (Å²) in [7, 11) is 0. The summed E-state index contributed by atoms with van der Waals surface area (Å²) in [4.78, 5) is 69.9. The maximum absolute atomic E-state index is 14.1. The van der Waals surface area contributed by atoms with Crippen molar-refractivity contribution in [1.29, 1.82) is 0 Å². The Hall–Kier alpha value is -6.67.